The van der Waals surface area contributed by atoms with Crippen molar-refractivity contribution in [1.29, 1.82) is 0 Å². The van der Waals surface area contributed by atoms with Crippen LogP contribution < -0.4 is 0 Å². The lowest BCUT2D eigenvalue weighted by Gasteiger charge is -2.14. The molecule has 0 radical (unpaired) electrons. The molecule has 0 bridgehead atoms. The first-order valence-electron chi connectivity index (χ1n) is 6.19. The highest BCUT2D eigenvalue weighted by molar-refractivity contribution is 8.00. The molecule has 5 heteroatoms. The molecule has 0 aromatic heterocycles. The van der Waals surface area contributed by atoms with Gasteiger partial charge in [-0.15, -0.1) is 0 Å². The van der Waals surface area contributed by atoms with Crippen molar-refractivity contribution in [2.45, 2.75) is 17.8 Å². The summed E-state index contributed by atoms with van der Waals surface area (Å²) in [6.07, 6.45) is 0.815. The van der Waals surface area contributed by atoms with Crippen LogP contribution >= 0.6 is 11.8 Å². The molecule has 1 saturated heterocycles. The van der Waals surface area contributed by atoms with Gasteiger partial charge in [0.2, 0.25) is 0 Å². The van der Waals surface area contributed by atoms with E-state index in [-0.39, 0.29) is 23.7 Å². The summed E-state index contributed by atoms with van der Waals surface area (Å²) >= 11 is 1.56. The van der Waals surface area contributed by atoms with Gasteiger partial charge in [-0.2, -0.15) is 11.8 Å². The molecule has 2 rings (SSSR count). The molecule has 1 aromatic carbocycles. The molecule has 0 amide bonds. The fourth-order valence-corrected chi connectivity index (χ4v) is 3.47. The van der Waals surface area contributed by atoms with Crippen LogP contribution in [0, 0.1) is 5.92 Å². The highest BCUT2D eigenvalue weighted by atomic mass is 32.2. The highest BCUT2D eigenvalue weighted by Crippen LogP contribution is 2.33. The van der Waals surface area contributed by atoms with Gasteiger partial charge in [0.05, 0.1) is 24.2 Å². The average molecular weight is 280 g/mol. The molecule has 1 aliphatic heterocycles. The van der Waals surface area contributed by atoms with Crippen LogP contribution in [-0.4, -0.2) is 41.1 Å². The number of aliphatic hydroxyl groups is 1. The zero-order valence-electron chi connectivity index (χ0n) is 10.4. The quantitative estimate of drug-likeness (QED) is 0.654. The van der Waals surface area contributed by atoms with Crippen LogP contribution in [0.25, 0.3) is 0 Å². The standard InChI is InChI=1S/C14H16O4S/c15-8-11-12(16)9-19-13(11)6-7-18-14(17)10-4-2-1-3-5-10/h1-5,8,11-13,16H,6-7,9H2. The lowest BCUT2D eigenvalue weighted by Crippen LogP contribution is -2.25. The summed E-state index contributed by atoms with van der Waals surface area (Å²) in [7, 11) is 0. The monoisotopic (exact) mass is 280 g/mol. The highest BCUT2D eigenvalue weighted by Gasteiger charge is 2.35. The van der Waals surface area contributed by atoms with Crippen LogP contribution in [0.4, 0.5) is 0 Å². The molecule has 4 nitrogen and oxygen atoms in total. The van der Waals surface area contributed by atoms with Crippen molar-refractivity contribution in [2.24, 2.45) is 5.92 Å². The third-order valence-electron chi connectivity index (χ3n) is 3.16. The Labute approximate surface area is 116 Å². The van der Waals surface area contributed by atoms with E-state index in [1.54, 1.807) is 36.0 Å². The molecule has 1 aliphatic rings. The first-order chi connectivity index (χ1) is 9.22. The Kier molecular flexibility index (Phi) is 4.99. The number of ether oxygens (including phenoxy) is 1. The minimum absolute atomic E-state index is 0.0380. The topological polar surface area (TPSA) is 63.6 Å². The predicted molar refractivity (Wildman–Crippen MR) is 73.1 cm³/mol. The van der Waals surface area contributed by atoms with E-state index in [0.717, 1.165) is 6.29 Å². The maximum absolute atomic E-state index is 11.7. The molecule has 1 fully saturated rings. The number of aldehydes is 1. The number of thioether (sulfide) groups is 1. The Morgan fingerprint density at radius 3 is 2.84 bits per heavy atom. The van der Waals surface area contributed by atoms with Crippen molar-refractivity contribution in [3.63, 3.8) is 0 Å². The van der Waals surface area contributed by atoms with Crippen LogP contribution in [0.15, 0.2) is 30.3 Å². The molecule has 3 unspecified atom stereocenters. The first kappa shape index (κ1) is 14.1. The summed E-state index contributed by atoms with van der Waals surface area (Å²) in [4.78, 5) is 22.6. The van der Waals surface area contributed by atoms with E-state index in [0.29, 0.717) is 17.7 Å². The number of hydrogen-bond acceptors (Lipinski definition) is 5. The van der Waals surface area contributed by atoms with Gasteiger partial charge in [-0.25, -0.2) is 4.79 Å². The maximum Gasteiger partial charge on any atom is 0.338 e. The summed E-state index contributed by atoms with van der Waals surface area (Å²) in [5, 5.41) is 9.62. The van der Waals surface area contributed by atoms with Crippen molar-refractivity contribution in [3.05, 3.63) is 35.9 Å². The van der Waals surface area contributed by atoms with Crippen molar-refractivity contribution >= 4 is 24.0 Å². The van der Waals surface area contributed by atoms with Gasteiger partial charge in [0.25, 0.3) is 0 Å². The number of esters is 1. The van der Waals surface area contributed by atoms with Crippen molar-refractivity contribution < 1.29 is 19.4 Å². The van der Waals surface area contributed by atoms with Crippen molar-refractivity contribution in [2.75, 3.05) is 12.4 Å². The molecule has 3 atom stereocenters. The van der Waals surface area contributed by atoms with E-state index in [4.69, 9.17) is 4.74 Å². The van der Waals surface area contributed by atoms with E-state index in [9.17, 15) is 14.7 Å². The molecule has 1 N–H and O–H groups in total. The van der Waals surface area contributed by atoms with Crippen molar-refractivity contribution in [3.8, 4) is 0 Å². The fraction of sp³-hybridized carbons (Fsp3) is 0.429. The number of hydrogen-bond donors (Lipinski definition) is 1. The molecule has 102 valence electrons. The van der Waals surface area contributed by atoms with Crippen LogP contribution in [0.2, 0.25) is 0 Å². The molecule has 1 heterocycles. The van der Waals surface area contributed by atoms with Crippen molar-refractivity contribution in [1.82, 2.24) is 0 Å². The minimum Gasteiger partial charge on any atom is -0.462 e. The second kappa shape index (κ2) is 6.73. The summed E-state index contributed by atoms with van der Waals surface area (Å²) in [6.45, 7) is 0.266. The van der Waals surface area contributed by atoms with Gasteiger partial charge in [-0.05, 0) is 18.6 Å². The van der Waals surface area contributed by atoms with Gasteiger partial charge in [0.1, 0.15) is 6.29 Å². The van der Waals surface area contributed by atoms with E-state index >= 15 is 0 Å². The largest absolute Gasteiger partial charge is 0.462 e. The second-order valence-corrected chi connectivity index (χ2v) is 5.72. The Hall–Kier alpha value is -1.33. The second-order valence-electron chi connectivity index (χ2n) is 4.44. The van der Waals surface area contributed by atoms with Crippen LogP contribution in [-0.2, 0) is 9.53 Å². The number of aliphatic hydroxyl groups excluding tert-OH is 1. The Bertz CT molecular complexity index is 434. The smallest absolute Gasteiger partial charge is 0.338 e. The van der Waals surface area contributed by atoms with Crippen LogP contribution in [0.5, 0.6) is 0 Å². The average Bonchev–Trinajstić information content (AvgIpc) is 2.80. The molecular formula is C14H16O4S. The van der Waals surface area contributed by atoms with E-state index in [1.807, 2.05) is 6.07 Å². The summed E-state index contributed by atoms with van der Waals surface area (Å²) in [5.41, 5.74) is 0.522. The molecule has 19 heavy (non-hydrogen) atoms. The van der Waals surface area contributed by atoms with Gasteiger partial charge in [-0.3, -0.25) is 0 Å². The number of carbonyl (C=O) groups is 2. The fourth-order valence-electron chi connectivity index (χ4n) is 2.07. The van der Waals surface area contributed by atoms with Gasteiger partial charge in [-0.1, -0.05) is 18.2 Å². The van der Waals surface area contributed by atoms with Crippen LogP contribution in [0.3, 0.4) is 0 Å². The zero-order chi connectivity index (χ0) is 13.7. The van der Waals surface area contributed by atoms with Gasteiger partial charge >= 0.3 is 5.97 Å². The van der Waals surface area contributed by atoms with E-state index in [1.165, 1.54) is 0 Å². The Morgan fingerprint density at radius 2 is 2.16 bits per heavy atom. The summed E-state index contributed by atoms with van der Waals surface area (Å²) < 4.78 is 5.17. The maximum atomic E-state index is 11.7. The molecule has 0 saturated carbocycles. The molecular weight excluding hydrogens is 264 g/mol. The number of carbonyl (C=O) groups excluding carboxylic acids is 2. The SMILES string of the molecule is O=CC1C(O)CSC1CCOC(=O)c1ccccc1. The Morgan fingerprint density at radius 1 is 1.42 bits per heavy atom. The number of benzene rings is 1. The first-order valence-corrected chi connectivity index (χ1v) is 7.24. The van der Waals surface area contributed by atoms with Crippen LogP contribution in [0.1, 0.15) is 16.8 Å². The molecule has 0 spiro atoms. The zero-order valence-corrected chi connectivity index (χ0v) is 11.2. The number of rotatable bonds is 5. The third-order valence-corrected chi connectivity index (χ3v) is 4.67. The lowest BCUT2D eigenvalue weighted by molar-refractivity contribution is -0.113. The lowest BCUT2D eigenvalue weighted by atomic mass is 10.00. The van der Waals surface area contributed by atoms with E-state index in [2.05, 4.69) is 0 Å². The summed E-state index contributed by atoms with van der Waals surface area (Å²) in [6, 6.07) is 8.79. The normalized spacial score (nSPS) is 26.1. The van der Waals surface area contributed by atoms with E-state index < -0.39 is 6.10 Å². The van der Waals surface area contributed by atoms with Gasteiger partial charge < -0.3 is 14.6 Å². The molecule has 1 aromatic rings. The van der Waals surface area contributed by atoms with Gasteiger partial charge in [0, 0.05) is 11.0 Å². The third kappa shape index (κ3) is 3.58. The minimum atomic E-state index is -0.572. The van der Waals surface area contributed by atoms with Gasteiger partial charge in [0.15, 0.2) is 0 Å². The summed E-state index contributed by atoms with van der Waals surface area (Å²) in [5.74, 6) is -0.131. The molecule has 0 aliphatic carbocycles. The predicted octanol–water partition coefficient (Wildman–Crippen LogP) is 1.52. The Balaban J connectivity index is 1.78.